The Morgan fingerprint density at radius 1 is 1.50 bits per heavy atom. The Labute approximate surface area is 66.1 Å². The maximum atomic E-state index is 8.45. The SMILES string of the molecule is C[n+]1ccccc1C#N.[Cl-]. The topological polar surface area (TPSA) is 27.7 Å². The summed E-state index contributed by atoms with van der Waals surface area (Å²) >= 11 is 0. The van der Waals surface area contributed by atoms with Crippen LogP contribution in [0.4, 0.5) is 0 Å². The molecule has 3 heteroatoms. The third-order valence-electron chi connectivity index (χ3n) is 1.17. The molecule has 0 amide bonds. The van der Waals surface area contributed by atoms with Gasteiger partial charge < -0.3 is 12.4 Å². The van der Waals surface area contributed by atoms with Crippen molar-refractivity contribution in [2.24, 2.45) is 7.05 Å². The first kappa shape index (κ1) is 8.93. The summed E-state index contributed by atoms with van der Waals surface area (Å²) in [6.45, 7) is 0. The predicted octanol–water partition coefficient (Wildman–Crippen LogP) is -2.61. The van der Waals surface area contributed by atoms with Gasteiger partial charge in [-0.1, -0.05) is 0 Å². The van der Waals surface area contributed by atoms with Crippen LogP contribution < -0.4 is 17.0 Å². The number of hydrogen-bond donors (Lipinski definition) is 0. The van der Waals surface area contributed by atoms with Gasteiger partial charge >= 0.3 is 0 Å². The molecule has 1 aromatic rings. The number of halogens is 1. The van der Waals surface area contributed by atoms with Crippen molar-refractivity contribution < 1.29 is 17.0 Å². The summed E-state index contributed by atoms with van der Waals surface area (Å²) in [7, 11) is 1.85. The van der Waals surface area contributed by atoms with E-state index in [-0.39, 0.29) is 12.4 Å². The van der Waals surface area contributed by atoms with E-state index in [0.29, 0.717) is 5.69 Å². The van der Waals surface area contributed by atoms with Crippen molar-refractivity contribution in [2.75, 3.05) is 0 Å². The molecule has 0 N–H and O–H groups in total. The molecule has 0 bridgehead atoms. The van der Waals surface area contributed by atoms with Gasteiger partial charge in [0.05, 0.1) is 0 Å². The highest BCUT2D eigenvalue weighted by Gasteiger charge is 1.98. The number of pyridine rings is 1. The van der Waals surface area contributed by atoms with Crippen LogP contribution in [-0.2, 0) is 7.05 Å². The number of nitrogens with zero attached hydrogens (tertiary/aromatic N) is 2. The zero-order valence-corrected chi connectivity index (χ0v) is 6.34. The number of nitriles is 1. The van der Waals surface area contributed by atoms with E-state index in [9.17, 15) is 0 Å². The van der Waals surface area contributed by atoms with Gasteiger partial charge in [0.25, 0.3) is 5.69 Å². The molecule has 0 saturated heterocycles. The summed E-state index contributed by atoms with van der Waals surface area (Å²) in [5.74, 6) is 0. The van der Waals surface area contributed by atoms with E-state index in [1.165, 1.54) is 0 Å². The summed E-state index contributed by atoms with van der Waals surface area (Å²) in [5, 5.41) is 8.45. The molecule has 0 aliphatic heterocycles. The normalized spacial score (nSPS) is 7.60. The van der Waals surface area contributed by atoms with Gasteiger partial charge in [-0.15, -0.1) is 0 Å². The molecule has 0 saturated carbocycles. The molecule has 0 radical (unpaired) electrons. The molecule has 0 aromatic carbocycles. The first-order chi connectivity index (χ1) is 4.34. The van der Waals surface area contributed by atoms with Crippen LogP contribution in [0.3, 0.4) is 0 Å². The van der Waals surface area contributed by atoms with Gasteiger partial charge in [-0.3, -0.25) is 0 Å². The number of aryl methyl sites for hydroxylation is 1. The van der Waals surface area contributed by atoms with Gasteiger partial charge in [0, 0.05) is 12.1 Å². The molecule has 0 aliphatic rings. The van der Waals surface area contributed by atoms with E-state index in [4.69, 9.17) is 5.26 Å². The third kappa shape index (κ3) is 1.71. The molecule has 1 heterocycles. The zero-order valence-electron chi connectivity index (χ0n) is 5.58. The number of aromatic nitrogens is 1. The van der Waals surface area contributed by atoms with E-state index in [2.05, 4.69) is 6.07 Å². The largest absolute Gasteiger partial charge is 1.00 e. The lowest BCUT2D eigenvalue weighted by Gasteiger charge is -1.84. The second-order valence-electron chi connectivity index (χ2n) is 1.81. The molecule has 52 valence electrons. The highest BCUT2D eigenvalue weighted by Crippen LogP contribution is 1.84. The van der Waals surface area contributed by atoms with E-state index < -0.39 is 0 Å². The first-order valence-corrected chi connectivity index (χ1v) is 2.69. The molecule has 2 nitrogen and oxygen atoms in total. The monoisotopic (exact) mass is 154 g/mol. The van der Waals surface area contributed by atoms with E-state index in [1.54, 1.807) is 10.6 Å². The summed E-state index contributed by atoms with van der Waals surface area (Å²) < 4.78 is 1.78. The van der Waals surface area contributed by atoms with Crippen molar-refractivity contribution >= 4 is 0 Å². The Balaban J connectivity index is 0.000000810. The van der Waals surface area contributed by atoms with Gasteiger partial charge in [0.2, 0.25) is 0 Å². The average Bonchev–Trinajstić information content (AvgIpc) is 1.89. The smallest absolute Gasteiger partial charge is 0.283 e. The van der Waals surface area contributed by atoms with Crippen LogP contribution in [0.25, 0.3) is 0 Å². The maximum Gasteiger partial charge on any atom is 0.283 e. The van der Waals surface area contributed by atoms with Crippen LogP contribution in [0.2, 0.25) is 0 Å². The minimum atomic E-state index is 0. The van der Waals surface area contributed by atoms with Crippen molar-refractivity contribution in [3.05, 3.63) is 30.1 Å². The second-order valence-corrected chi connectivity index (χ2v) is 1.81. The summed E-state index contributed by atoms with van der Waals surface area (Å²) in [4.78, 5) is 0. The average molecular weight is 155 g/mol. The molecular weight excluding hydrogens is 148 g/mol. The lowest BCUT2D eigenvalue weighted by atomic mass is 10.4. The molecule has 0 fully saturated rings. The summed E-state index contributed by atoms with van der Waals surface area (Å²) in [6.07, 6.45) is 1.85. The van der Waals surface area contributed by atoms with Gasteiger partial charge in [-0.25, -0.2) is 0 Å². The minimum absolute atomic E-state index is 0. The fourth-order valence-corrected chi connectivity index (χ4v) is 0.639. The Morgan fingerprint density at radius 3 is 2.60 bits per heavy atom. The predicted molar refractivity (Wildman–Crippen MR) is 32.3 cm³/mol. The molecule has 10 heavy (non-hydrogen) atoms. The van der Waals surface area contributed by atoms with Crippen molar-refractivity contribution in [1.29, 1.82) is 5.26 Å². The molecule has 0 unspecified atom stereocenters. The Bertz CT molecular complexity index is 252. The first-order valence-electron chi connectivity index (χ1n) is 2.69. The Hall–Kier alpha value is -1.07. The van der Waals surface area contributed by atoms with Crippen molar-refractivity contribution in [2.45, 2.75) is 0 Å². The quantitative estimate of drug-likeness (QED) is 0.377. The standard InChI is InChI=1S/C7H7N2.ClH/c1-9-5-3-2-4-7(9)6-8;/h2-5H,1H3;1H/q+1;/p-1. The number of hydrogen-bond acceptors (Lipinski definition) is 1. The van der Waals surface area contributed by atoms with Crippen molar-refractivity contribution in [3.63, 3.8) is 0 Å². The van der Waals surface area contributed by atoms with Crippen LogP contribution in [0.1, 0.15) is 5.69 Å². The molecule has 0 spiro atoms. The second kappa shape index (κ2) is 3.86. The number of rotatable bonds is 0. The van der Waals surface area contributed by atoms with Crippen molar-refractivity contribution in [3.8, 4) is 6.07 Å². The Morgan fingerprint density at radius 2 is 2.20 bits per heavy atom. The zero-order chi connectivity index (χ0) is 6.69. The molecular formula is C7H7ClN2. The van der Waals surface area contributed by atoms with Crippen LogP contribution in [-0.4, -0.2) is 0 Å². The third-order valence-corrected chi connectivity index (χ3v) is 1.17. The van der Waals surface area contributed by atoms with E-state index in [1.807, 2.05) is 25.4 Å². The van der Waals surface area contributed by atoms with Gasteiger partial charge in [0.15, 0.2) is 12.3 Å². The fraction of sp³-hybridized carbons (Fsp3) is 0.143. The molecule has 1 aromatic heterocycles. The van der Waals surface area contributed by atoms with E-state index >= 15 is 0 Å². The van der Waals surface area contributed by atoms with Crippen LogP contribution in [0, 0.1) is 11.3 Å². The Kier molecular flexibility index (Phi) is 3.45. The summed E-state index contributed by atoms with van der Waals surface area (Å²) in [6, 6.07) is 7.57. The fourth-order valence-electron chi connectivity index (χ4n) is 0.639. The summed E-state index contributed by atoms with van der Waals surface area (Å²) in [5.41, 5.74) is 0.678. The van der Waals surface area contributed by atoms with Crippen molar-refractivity contribution in [1.82, 2.24) is 0 Å². The van der Waals surface area contributed by atoms with Crippen LogP contribution in [0.15, 0.2) is 24.4 Å². The molecule has 0 atom stereocenters. The van der Waals surface area contributed by atoms with Crippen LogP contribution in [0.5, 0.6) is 0 Å². The van der Waals surface area contributed by atoms with Crippen LogP contribution >= 0.6 is 0 Å². The lowest BCUT2D eigenvalue weighted by Crippen LogP contribution is -3.00. The van der Waals surface area contributed by atoms with E-state index in [0.717, 1.165) is 0 Å². The lowest BCUT2D eigenvalue weighted by molar-refractivity contribution is -0.674. The van der Waals surface area contributed by atoms with Gasteiger partial charge in [0.1, 0.15) is 7.05 Å². The van der Waals surface area contributed by atoms with Gasteiger partial charge in [-0.2, -0.15) is 9.83 Å². The molecule has 0 aliphatic carbocycles. The highest BCUT2D eigenvalue weighted by molar-refractivity contribution is 5.12. The maximum absolute atomic E-state index is 8.45. The highest BCUT2D eigenvalue weighted by atomic mass is 35.5. The van der Waals surface area contributed by atoms with Gasteiger partial charge in [-0.05, 0) is 6.07 Å². The molecule has 1 rings (SSSR count). The minimum Gasteiger partial charge on any atom is -1.00 e.